The smallest absolute Gasteiger partial charge is 0.295 e. The normalized spacial score (nSPS) is 9.12. The van der Waals surface area contributed by atoms with Crippen LogP contribution >= 0.6 is 0 Å². The van der Waals surface area contributed by atoms with E-state index >= 15 is 0 Å². The van der Waals surface area contributed by atoms with Gasteiger partial charge in [-0.15, -0.1) is 0 Å². The second-order valence-electron chi connectivity index (χ2n) is 3.14. The maximum atomic E-state index is 11.1. The number of nitrogens with zero attached hydrogens (tertiary/aromatic N) is 1. The molecule has 0 bridgehead atoms. The van der Waals surface area contributed by atoms with E-state index in [-0.39, 0.29) is 51.4 Å². The van der Waals surface area contributed by atoms with Crippen molar-refractivity contribution in [2.45, 2.75) is 13.8 Å². The number of Topliss-reactive ketones (excluding diaryl/α,β-unsaturated/α-hetero) is 2. The summed E-state index contributed by atoms with van der Waals surface area (Å²) in [5.74, 6) is -0.609. The van der Waals surface area contributed by atoms with Crippen LogP contribution in [-0.2, 0) is 0 Å². The Morgan fingerprint density at radius 1 is 1.06 bits per heavy atom. The molecule has 0 radical (unpaired) electrons. The van der Waals surface area contributed by atoms with Gasteiger partial charge >= 0.3 is 23.1 Å². The van der Waals surface area contributed by atoms with Gasteiger partial charge in [0, 0.05) is 23.3 Å². The minimum absolute atomic E-state index is 0. The number of hydrogen-bond acceptors (Lipinski definition) is 4. The van der Waals surface area contributed by atoms with E-state index in [1.165, 1.54) is 19.9 Å². The molecule has 0 aliphatic rings. The molecule has 78 valence electrons. The molecule has 0 saturated carbocycles. The van der Waals surface area contributed by atoms with Crippen molar-refractivity contribution in [2.24, 2.45) is 0 Å². The van der Waals surface area contributed by atoms with Crippen molar-refractivity contribution in [3.05, 3.63) is 39.4 Å². The van der Waals surface area contributed by atoms with Crippen LogP contribution in [0, 0.1) is 10.1 Å². The van der Waals surface area contributed by atoms with Gasteiger partial charge < -0.3 is 0 Å². The number of ketones is 2. The minimum Gasteiger partial charge on any atom is -0.295 e. The van der Waals surface area contributed by atoms with Gasteiger partial charge in [0.25, 0.3) is 5.69 Å². The van der Waals surface area contributed by atoms with Gasteiger partial charge in [0.05, 0.1) is 4.92 Å². The molecule has 0 aliphatic heterocycles. The summed E-state index contributed by atoms with van der Waals surface area (Å²) in [5, 5.41) is 10.5. The average Bonchev–Trinajstić information content (AvgIpc) is 2.16. The third-order valence-corrected chi connectivity index (χ3v) is 1.94. The molecule has 0 spiro atoms. The summed E-state index contributed by atoms with van der Waals surface area (Å²) in [6.45, 7) is 2.59. The Balaban J connectivity index is 0.00000225. The number of nitro groups is 1. The van der Waals surface area contributed by atoms with Crippen molar-refractivity contribution in [1.29, 1.82) is 0 Å². The van der Waals surface area contributed by atoms with Gasteiger partial charge in [-0.25, -0.2) is 0 Å². The van der Waals surface area contributed by atoms with Gasteiger partial charge in [-0.05, 0) is 19.9 Å². The number of carbonyl (C=O) groups excluding carboxylic acids is 2. The van der Waals surface area contributed by atoms with E-state index in [1.807, 2.05) is 0 Å². The van der Waals surface area contributed by atoms with E-state index < -0.39 is 4.92 Å². The summed E-state index contributed by atoms with van der Waals surface area (Å²) in [4.78, 5) is 32.0. The monoisotopic (exact) mass is 231 g/mol. The fraction of sp³-hybridized carbons (Fsp3) is 0.200. The van der Waals surface area contributed by atoms with Crippen molar-refractivity contribution in [2.75, 3.05) is 0 Å². The van der Waals surface area contributed by atoms with Crippen molar-refractivity contribution in [3.8, 4) is 0 Å². The molecule has 5 nitrogen and oxygen atoms in total. The fourth-order valence-corrected chi connectivity index (χ4v) is 1.12. The first-order valence-electron chi connectivity index (χ1n) is 4.23. The van der Waals surface area contributed by atoms with Gasteiger partial charge in [0.2, 0.25) is 0 Å². The van der Waals surface area contributed by atoms with Crippen LogP contribution in [0.15, 0.2) is 18.2 Å². The van der Waals surface area contributed by atoms with Crippen LogP contribution in [0.2, 0.25) is 0 Å². The minimum atomic E-state index is -0.626. The largest absolute Gasteiger partial charge is 2.00 e. The Labute approximate surface area is 108 Å². The van der Waals surface area contributed by atoms with E-state index in [2.05, 4.69) is 0 Å². The fourth-order valence-electron chi connectivity index (χ4n) is 1.12. The number of carbonyl (C=O) groups is 2. The first kappa shape index (κ1) is 14.7. The standard InChI is InChI=1S/C10H9NO4.Mg/c1-6(12)8-3-9(7(2)13)5-10(4-8)11(14)15;/h3-5H,1-2H3;/q;+2. The Bertz CT molecular complexity index is 377. The van der Waals surface area contributed by atoms with Gasteiger partial charge in [-0.2, -0.15) is 0 Å². The molecule has 0 heterocycles. The Kier molecular flexibility index (Phi) is 5.26. The summed E-state index contributed by atoms with van der Waals surface area (Å²) in [6, 6.07) is 3.68. The molecule has 0 amide bonds. The number of benzene rings is 1. The van der Waals surface area contributed by atoms with Crippen LogP contribution in [0.4, 0.5) is 5.69 Å². The van der Waals surface area contributed by atoms with E-state index in [0.29, 0.717) is 0 Å². The molecule has 16 heavy (non-hydrogen) atoms. The molecule has 1 rings (SSSR count). The zero-order valence-electron chi connectivity index (χ0n) is 9.02. The Morgan fingerprint density at radius 2 is 1.44 bits per heavy atom. The van der Waals surface area contributed by atoms with Crippen molar-refractivity contribution >= 4 is 40.3 Å². The van der Waals surface area contributed by atoms with Crippen LogP contribution in [0.5, 0.6) is 0 Å². The summed E-state index contributed by atoms with van der Waals surface area (Å²) in [7, 11) is 0. The second-order valence-corrected chi connectivity index (χ2v) is 3.14. The SMILES string of the molecule is CC(=O)c1cc(C(C)=O)cc([N+](=O)[O-])c1.[Mg+2]. The molecule has 0 saturated heterocycles. The Hall–Kier alpha value is -1.27. The first-order chi connectivity index (χ1) is 6.91. The zero-order valence-corrected chi connectivity index (χ0v) is 10.4. The van der Waals surface area contributed by atoms with Crippen molar-refractivity contribution < 1.29 is 14.5 Å². The second kappa shape index (κ2) is 5.71. The molecule has 6 heteroatoms. The molecule has 0 N–H and O–H groups in total. The van der Waals surface area contributed by atoms with Crippen LogP contribution in [0.25, 0.3) is 0 Å². The van der Waals surface area contributed by atoms with Crippen molar-refractivity contribution in [1.82, 2.24) is 0 Å². The van der Waals surface area contributed by atoms with E-state index in [0.717, 1.165) is 12.1 Å². The van der Waals surface area contributed by atoms with Crippen LogP contribution in [0.3, 0.4) is 0 Å². The molecule has 0 aromatic heterocycles. The summed E-state index contributed by atoms with van der Waals surface area (Å²) in [6.07, 6.45) is 0. The van der Waals surface area contributed by atoms with Gasteiger partial charge in [-0.1, -0.05) is 0 Å². The zero-order chi connectivity index (χ0) is 11.6. The van der Waals surface area contributed by atoms with Crippen LogP contribution in [0.1, 0.15) is 34.6 Å². The van der Waals surface area contributed by atoms with Crippen LogP contribution < -0.4 is 0 Å². The predicted molar refractivity (Wildman–Crippen MR) is 58.9 cm³/mol. The maximum absolute atomic E-state index is 11.1. The number of non-ortho nitro benzene ring substituents is 1. The topological polar surface area (TPSA) is 77.3 Å². The Morgan fingerprint density at radius 3 is 1.69 bits per heavy atom. The molecular weight excluding hydrogens is 222 g/mol. The van der Waals surface area contributed by atoms with E-state index in [9.17, 15) is 19.7 Å². The van der Waals surface area contributed by atoms with Gasteiger partial charge in [-0.3, -0.25) is 19.7 Å². The van der Waals surface area contributed by atoms with E-state index in [4.69, 9.17) is 0 Å². The number of hydrogen-bond donors (Lipinski definition) is 0. The van der Waals surface area contributed by atoms with Crippen LogP contribution in [-0.4, -0.2) is 39.5 Å². The summed E-state index contributed by atoms with van der Waals surface area (Å²) >= 11 is 0. The molecule has 1 aromatic carbocycles. The third kappa shape index (κ3) is 3.39. The molecule has 0 aliphatic carbocycles. The van der Waals surface area contributed by atoms with Gasteiger partial charge in [0.1, 0.15) is 0 Å². The molecular formula is C10H9MgNO4+2. The number of rotatable bonds is 3. The predicted octanol–water partition coefficient (Wildman–Crippen LogP) is 1.62. The molecule has 0 atom stereocenters. The average molecular weight is 231 g/mol. The molecule has 1 aromatic rings. The quantitative estimate of drug-likeness (QED) is 0.343. The number of nitro benzene ring substituents is 1. The first-order valence-corrected chi connectivity index (χ1v) is 4.23. The molecule has 0 unspecified atom stereocenters. The van der Waals surface area contributed by atoms with Crippen molar-refractivity contribution in [3.63, 3.8) is 0 Å². The molecule has 0 fully saturated rings. The third-order valence-electron chi connectivity index (χ3n) is 1.94. The maximum Gasteiger partial charge on any atom is 2.00 e. The van der Waals surface area contributed by atoms with E-state index in [1.54, 1.807) is 0 Å². The summed E-state index contributed by atoms with van der Waals surface area (Å²) < 4.78 is 0. The van der Waals surface area contributed by atoms with Gasteiger partial charge in [0.15, 0.2) is 11.6 Å². The summed E-state index contributed by atoms with van der Waals surface area (Å²) in [5.41, 5.74) is 0.108.